The number of hydrogen-bond acceptors (Lipinski definition) is 3. The van der Waals surface area contributed by atoms with E-state index in [1.807, 2.05) is 52.2 Å². The van der Waals surface area contributed by atoms with Crippen LogP contribution >= 0.6 is 15.9 Å². The standard InChI is InChI=1S/C24H25BrN4O/c1-24(2)15-28(22-14-17(25)10-11-21(22)27(24)3)23(30)18-6-4-5-7-20(18)29-13-12-19(26-29)16-8-9-16/h4-7,10-14,16H,8-9,15H2,1-3H3. The lowest BCUT2D eigenvalue weighted by molar-refractivity contribution is 0.0979. The Morgan fingerprint density at radius 1 is 1.07 bits per heavy atom. The van der Waals surface area contributed by atoms with Crippen molar-refractivity contribution in [2.24, 2.45) is 0 Å². The Morgan fingerprint density at radius 3 is 2.60 bits per heavy atom. The molecule has 1 aliphatic carbocycles. The molecule has 1 fully saturated rings. The fraction of sp³-hybridized carbons (Fsp3) is 0.333. The molecular formula is C24H25BrN4O. The van der Waals surface area contributed by atoms with Crippen molar-refractivity contribution in [2.45, 2.75) is 38.1 Å². The Bertz CT molecular complexity index is 1130. The summed E-state index contributed by atoms with van der Waals surface area (Å²) < 4.78 is 2.81. The second-order valence-corrected chi connectivity index (χ2v) is 9.79. The van der Waals surface area contributed by atoms with Crippen LogP contribution in [0.15, 0.2) is 59.2 Å². The van der Waals surface area contributed by atoms with Gasteiger partial charge in [0.2, 0.25) is 0 Å². The third kappa shape index (κ3) is 3.23. The molecule has 1 amide bonds. The maximum absolute atomic E-state index is 13.9. The van der Waals surface area contributed by atoms with Gasteiger partial charge in [-0.15, -0.1) is 0 Å². The minimum Gasteiger partial charge on any atom is -0.366 e. The van der Waals surface area contributed by atoms with Gasteiger partial charge in [0.15, 0.2) is 0 Å². The molecule has 2 heterocycles. The molecule has 2 aliphatic rings. The zero-order valence-corrected chi connectivity index (χ0v) is 19.1. The summed E-state index contributed by atoms with van der Waals surface area (Å²) in [6.45, 7) is 4.94. The van der Waals surface area contributed by atoms with E-state index < -0.39 is 0 Å². The van der Waals surface area contributed by atoms with Gasteiger partial charge in [-0.3, -0.25) is 4.79 Å². The largest absolute Gasteiger partial charge is 0.366 e. The zero-order valence-electron chi connectivity index (χ0n) is 17.5. The molecule has 154 valence electrons. The van der Waals surface area contributed by atoms with E-state index in [9.17, 15) is 4.79 Å². The molecule has 1 aromatic heterocycles. The first kappa shape index (κ1) is 19.4. The molecule has 5 nitrogen and oxygen atoms in total. The summed E-state index contributed by atoms with van der Waals surface area (Å²) in [5, 5.41) is 4.76. The molecule has 0 radical (unpaired) electrons. The molecule has 5 rings (SSSR count). The van der Waals surface area contributed by atoms with Crippen LogP contribution in [0.3, 0.4) is 0 Å². The lowest BCUT2D eigenvalue weighted by atomic mass is 9.96. The van der Waals surface area contributed by atoms with Crippen LogP contribution in [-0.4, -0.2) is 34.8 Å². The average molecular weight is 465 g/mol. The Labute approximate surface area is 185 Å². The number of fused-ring (bicyclic) bond motifs is 1. The van der Waals surface area contributed by atoms with Gasteiger partial charge in [0.25, 0.3) is 5.91 Å². The minimum atomic E-state index is -0.184. The number of aromatic nitrogens is 2. The van der Waals surface area contributed by atoms with E-state index >= 15 is 0 Å². The number of nitrogens with zero attached hydrogens (tertiary/aromatic N) is 4. The molecule has 0 bridgehead atoms. The molecule has 6 heteroatoms. The van der Waals surface area contributed by atoms with E-state index in [1.165, 1.54) is 12.8 Å². The number of amides is 1. The van der Waals surface area contributed by atoms with E-state index in [1.54, 1.807) is 0 Å². The predicted octanol–water partition coefficient (Wildman–Crippen LogP) is 5.39. The van der Waals surface area contributed by atoms with Crippen molar-refractivity contribution in [2.75, 3.05) is 23.4 Å². The monoisotopic (exact) mass is 464 g/mol. The topological polar surface area (TPSA) is 41.4 Å². The van der Waals surface area contributed by atoms with Gasteiger partial charge in [-0.05, 0) is 63.1 Å². The number of halogens is 1. The molecule has 1 aliphatic heterocycles. The number of rotatable bonds is 3. The predicted molar refractivity (Wildman–Crippen MR) is 124 cm³/mol. The van der Waals surface area contributed by atoms with Gasteiger partial charge >= 0.3 is 0 Å². The summed E-state index contributed by atoms with van der Waals surface area (Å²) in [4.78, 5) is 18.0. The summed E-state index contributed by atoms with van der Waals surface area (Å²) in [5.74, 6) is 0.575. The van der Waals surface area contributed by atoms with E-state index in [-0.39, 0.29) is 11.4 Å². The SMILES string of the molecule is CN1c2ccc(Br)cc2N(C(=O)c2ccccc2-n2ccc(C3CC3)n2)CC1(C)C. The van der Waals surface area contributed by atoms with Crippen molar-refractivity contribution >= 4 is 33.2 Å². The number of carbonyl (C=O) groups excluding carboxylic acids is 1. The van der Waals surface area contributed by atoms with E-state index in [2.05, 4.69) is 53.9 Å². The summed E-state index contributed by atoms with van der Waals surface area (Å²) in [6, 6.07) is 16.0. The summed E-state index contributed by atoms with van der Waals surface area (Å²) in [6.07, 6.45) is 4.39. The first-order valence-electron chi connectivity index (χ1n) is 10.4. The molecule has 30 heavy (non-hydrogen) atoms. The lowest BCUT2D eigenvalue weighted by Crippen LogP contribution is -2.56. The van der Waals surface area contributed by atoms with Gasteiger partial charge in [0.05, 0.1) is 33.9 Å². The van der Waals surface area contributed by atoms with E-state index in [4.69, 9.17) is 5.10 Å². The van der Waals surface area contributed by atoms with Gasteiger partial charge in [0, 0.05) is 30.2 Å². The lowest BCUT2D eigenvalue weighted by Gasteiger charge is -2.47. The van der Waals surface area contributed by atoms with Crippen molar-refractivity contribution < 1.29 is 4.79 Å². The van der Waals surface area contributed by atoms with Gasteiger partial charge in [-0.25, -0.2) is 4.68 Å². The quantitative estimate of drug-likeness (QED) is 0.521. The molecule has 3 aromatic rings. The number of likely N-dealkylation sites (N-methyl/N-ethyl adjacent to an activating group) is 1. The minimum absolute atomic E-state index is 0.00500. The zero-order chi connectivity index (χ0) is 21.0. The molecule has 2 aromatic carbocycles. The van der Waals surface area contributed by atoms with Crippen molar-refractivity contribution in [1.82, 2.24) is 9.78 Å². The van der Waals surface area contributed by atoms with Gasteiger partial charge < -0.3 is 9.80 Å². The van der Waals surface area contributed by atoms with Gasteiger partial charge in [-0.2, -0.15) is 5.10 Å². The Balaban J connectivity index is 1.58. The van der Waals surface area contributed by atoms with Crippen LogP contribution in [0, 0.1) is 0 Å². The molecule has 0 unspecified atom stereocenters. The van der Waals surface area contributed by atoms with Gasteiger partial charge in [-0.1, -0.05) is 28.1 Å². The van der Waals surface area contributed by atoms with Crippen molar-refractivity contribution in [3.05, 3.63) is 70.5 Å². The number of anilines is 2. The maximum atomic E-state index is 13.9. The smallest absolute Gasteiger partial charge is 0.260 e. The molecule has 0 spiro atoms. The normalized spacial score (nSPS) is 17.7. The Kier molecular flexibility index (Phi) is 4.51. The van der Waals surface area contributed by atoms with Crippen LogP contribution in [0.5, 0.6) is 0 Å². The third-order valence-corrected chi connectivity index (χ3v) is 6.77. The van der Waals surface area contributed by atoms with Crippen LogP contribution in [0.2, 0.25) is 0 Å². The highest BCUT2D eigenvalue weighted by Crippen LogP contribution is 2.41. The van der Waals surface area contributed by atoms with E-state index in [0.29, 0.717) is 18.0 Å². The molecule has 0 N–H and O–H groups in total. The first-order chi connectivity index (χ1) is 14.3. The fourth-order valence-corrected chi connectivity index (χ4v) is 4.50. The highest BCUT2D eigenvalue weighted by molar-refractivity contribution is 9.10. The number of para-hydroxylation sites is 1. The van der Waals surface area contributed by atoms with Crippen molar-refractivity contribution in [1.29, 1.82) is 0 Å². The Hall–Kier alpha value is -2.60. The second-order valence-electron chi connectivity index (χ2n) is 8.87. The molecule has 0 saturated heterocycles. The van der Waals surface area contributed by atoms with Crippen LogP contribution in [0.25, 0.3) is 5.69 Å². The maximum Gasteiger partial charge on any atom is 0.260 e. The van der Waals surface area contributed by atoms with E-state index in [0.717, 1.165) is 27.2 Å². The Morgan fingerprint density at radius 2 is 1.83 bits per heavy atom. The number of hydrogen-bond donors (Lipinski definition) is 0. The summed E-state index contributed by atoms with van der Waals surface area (Å²) in [7, 11) is 2.09. The summed E-state index contributed by atoms with van der Waals surface area (Å²) >= 11 is 3.57. The van der Waals surface area contributed by atoms with Crippen molar-refractivity contribution in [3.63, 3.8) is 0 Å². The van der Waals surface area contributed by atoms with Crippen LogP contribution in [0.1, 0.15) is 48.7 Å². The molecular weight excluding hydrogens is 440 g/mol. The highest BCUT2D eigenvalue weighted by Gasteiger charge is 2.38. The summed E-state index contributed by atoms with van der Waals surface area (Å²) in [5.41, 5.74) is 4.39. The van der Waals surface area contributed by atoms with Crippen molar-refractivity contribution in [3.8, 4) is 5.69 Å². The first-order valence-corrected chi connectivity index (χ1v) is 11.1. The van der Waals surface area contributed by atoms with Crippen LogP contribution < -0.4 is 9.80 Å². The third-order valence-electron chi connectivity index (χ3n) is 6.27. The van der Waals surface area contributed by atoms with Crippen LogP contribution in [0.4, 0.5) is 11.4 Å². The fourth-order valence-electron chi connectivity index (χ4n) is 4.15. The second kappa shape index (κ2) is 6.98. The number of benzene rings is 2. The molecule has 0 atom stereocenters. The van der Waals surface area contributed by atoms with Gasteiger partial charge in [0.1, 0.15) is 0 Å². The number of carbonyl (C=O) groups is 1. The molecule has 1 saturated carbocycles. The van der Waals surface area contributed by atoms with Crippen LogP contribution in [-0.2, 0) is 0 Å². The average Bonchev–Trinajstić information content (AvgIpc) is 3.47. The highest BCUT2D eigenvalue weighted by atomic mass is 79.9.